The highest BCUT2D eigenvalue weighted by Gasteiger charge is 2.42. The van der Waals surface area contributed by atoms with E-state index in [1.165, 1.54) is 6.07 Å². The molecule has 0 radical (unpaired) electrons. The largest absolute Gasteiger partial charge is 0.416 e. The first-order valence-corrected chi connectivity index (χ1v) is 12.8. The molecule has 4 aromatic rings. The van der Waals surface area contributed by atoms with E-state index in [4.69, 9.17) is 12.2 Å². The molecule has 2 unspecified atom stereocenters. The van der Waals surface area contributed by atoms with E-state index in [-0.39, 0.29) is 11.9 Å². The van der Waals surface area contributed by atoms with Gasteiger partial charge in [-0.05, 0) is 85.4 Å². The summed E-state index contributed by atoms with van der Waals surface area (Å²) in [6.45, 7) is 3.69. The third-order valence-corrected chi connectivity index (χ3v) is 7.03. The number of amides is 1. The molecule has 2 N–H and O–H groups in total. The summed E-state index contributed by atoms with van der Waals surface area (Å²) >= 11 is 5.80. The Morgan fingerprint density at radius 1 is 1.05 bits per heavy atom. The lowest BCUT2D eigenvalue weighted by molar-refractivity contribution is -0.137. The zero-order valence-electron chi connectivity index (χ0n) is 21.2. The van der Waals surface area contributed by atoms with Crippen LogP contribution in [0.2, 0.25) is 0 Å². The number of hydrogen-bond donors (Lipinski definition) is 2. The van der Waals surface area contributed by atoms with Crippen LogP contribution in [0.25, 0.3) is 5.69 Å². The number of halogens is 3. The van der Waals surface area contributed by atoms with Gasteiger partial charge in [-0.15, -0.1) is 0 Å². The van der Waals surface area contributed by atoms with Crippen LogP contribution in [0.1, 0.15) is 47.9 Å². The quantitative estimate of drug-likeness (QED) is 0.261. The number of thiocarbonyl (C=S) groups is 1. The molecule has 0 saturated carbocycles. The number of hydrogen-bond acceptors (Lipinski definition) is 3. The van der Waals surface area contributed by atoms with Crippen molar-refractivity contribution in [3.05, 3.63) is 108 Å². The average molecular weight is 550 g/mol. The molecule has 200 valence electrons. The van der Waals surface area contributed by atoms with Crippen molar-refractivity contribution in [3.63, 3.8) is 0 Å². The Balaban J connectivity index is 1.62. The van der Waals surface area contributed by atoms with E-state index in [1.54, 1.807) is 36.0 Å². The second kappa shape index (κ2) is 10.5. The highest BCUT2D eigenvalue weighted by Crippen LogP contribution is 2.43. The first-order chi connectivity index (χ1) is 18.7. The fraction of sp³-hybridized carbons (Fsp3) is 0.207. The second-order valence-electron chi connectivity index (χ2n) is 9.25. The van der Waals surface area contributed by atoms with Crippen molar-refractivity contribution in [3.8, 4) is 5.69 Å². The van der Waals surface area contributed by atoms with Crippen LogP contribution in [0.15, 0.2) is 85.2 Å². The Hall–Kier alpha value is -4.18. The lowest BCUT2D eigenvalue weighted by atomic mass is 10.00. The molecule has 1 aliphatic rings. The lowest BCUT2D eigenvalue weighted by Gasteiger charge is -2.29. The van der Waals surface area contributed by atoms with Gasteiger partial charge in [-0.3, -0.25) is 9.78 Å². The number of rotatable bonds is 6. The molecule has 0 spiro atoms. The van der Waals surface area contributed by atoms with Crippen LogP contribution in [0.3, 0.4) is 0 Å². The minimum Gasteiger partial charge on any atom is -0.351 e. The number of aryl methyl sites for hydroxylation is 1. The SMILES string of the molecule is CCC(=O)Nc1ccc(N2C(=S)NC(c3ccccn3)C2c2cccn2-c2cccc(C(F)(F)F)c2)cc1C. The molecule has 10 heteroatoms. The van der Waals surface area contributed by atoms with Gasteiger partial charge in [0.15, 0.2) is 5.11 Å². The number of carbonyl (C=O) groups excluding carboxylic acids is 1. The van der Waals surface area contributed by atoms with Gasteiger partial charge in [0.2, 0.25) is 5.91 Å². The third kappa shape index (κ3) is 5.24. The maximum atomic E-state index is 13.5. The fourth-order valence-electron chi connectivity index (χ4n) is 4.81. The highest BCUT2D eigenvalue weighted by atomic mass is 32.1. The smallest absolute Gasteiger partial charge is 0.351 e. The van der Waals surface area contributed by atoms with Gasteiger partial charge in [0.25, 0.3) is 0 Å². The normalized spacial score (nSPS) is 17.3. The molecule has 1 saturated heterocycles. The van der Waals surface area contributed by atoms with Crippen molar-refractivity contribution in [2.24, 2.45) is 0 Å². The van der Waals surface area contributed by atoms with Crippen molar-refractivity contribution < 1.29 is 18.0 Å². The van der Waals surface area contributed by atoms with Crippen LogP contribution in [0, 0.1) is 6.92 Å². The molecule has 2 aromatic carbocycles. The number of anilines is 2. The topological polar surface area (TPSA) is 62.2 Å². The molecule has 1 aliphatic heterocycles. The Bertz CT molecular complexity index is 1520. The van der Waals surface area contributed by atoms with Gasteiger partial charge in [-0.2, -0.15) is 13.2 Å². The van der Waals surface area contributed by atoms with E-state index in [1.807, 2.05) is 54.3 Å². The van der Waals surface area contributed by atoms with Crippen LogP contribution >= 0.6 is 12.2 Å². The van der Waals surface area contributed by atoms with Gasteiger partial charge in [0, 0.05) is 41.6 Å². The van der Waals surface area contributed by atoms with Crippen LogP contribution in [-0.2, 0) is 11.0 Å². The molecule has 0 aliphatic carbocycles. The number of benzene rings is 2. The molecule has 3 heterocycles. The first-order valence-electron chi connectivity index (χ1n) is 12.4. The summed E-state index contributed by atoms with van der Waals surface area (Å²) in [4.78, 5) is 18.5. The van der Waals surface area contributed by atoms with Crippen LogP contribution in [0.4, 0.5) is 24.5 Å². The lowest BCUT2D eigenvalue weighted by Crippen LogP contribution is -2.30. The summed E-state index contributed by atoms with van der Waals surface area (Å²) in [5.74, 6) is -0.0868. The third-order valence-electron chi connectivity index (χ3n) is 6.72. The summed E-state index contributed by atoms with van der Waals surface area (Å²) < 4.78 is 42.3. The number of alkyl halides is 3. The van der Waals surface area contributed by atoms with Gasteiger partial charge in [0.05, 0.1) is 17.3 Å². The molecule has 39 heavy (non-hydrogen) atoms. The molecular formula is C29H26F3N5OS. The van der Waals surface area contributed by atoms with E-state index < -0.39 is 17.8 Å². The number of nitrogens with zero attached hydrogens (tertiary/aromatic N) is 3. The first kappa shape index (κ1) is 26.4. The molecule has 1 amide bonds. The Morgan fingerprint density at radius 2 is 1.87 bits per heavy atom. The van der Waals surface area contributed by atoms with Gasteiger partial charge in [-0.25, -0.2) is 0 Å². The van der Waals surface area contributed by atoms with Crippen molar-refractivity contribution in [1.29, 1.82) is 0 Å². The van der Waals surface area contributed by atoms with Gasteiger partial charge < -0.3 is 20.1 Å². The van der Waals surface area contributed by atoms with Crippen molar-refractivity contribution in [2.45, 2.75) is 38.5 Å². The summed E-state index contributed by atoms with van der Waals surface area (Å²) in [7, 11) is 0. The van der Waals surface area contributed by atoms with E-state index >= 15 is 0 Å². The molecule has 6 nitrogen and oxygen atoms in total. The Morgan fingerprint density at radius 3 is 2.56 bits per heavy atom. The maximum absolute atomic E-state index is 13.5. The monoisotopic (exact) mass is 549 g/mol. The summed E-state index contributed by atoms with van der Waals surface area (Å²) in [6.07, 6.45) is -0.661. The predicted octanol–water partition coefficient (Wildman–Crippen LogP) is 6.73. The van der Waals surface area contributed by atoms with Crippen LogP contribution < -0.4 is 15.5 Å². The maximum Gasteiger partial charge on any atom is 0.416 e. The van der Waals surface area contributed by atoms with Crippen molar-refractivity contribution >= 4 is 34.6 Å². The predicted molar refractivity (Wildman–Crippen MR) is 149 cm³/mol. The Labute approximate surface area is 229 Å². The molecule has 0 bridgehead atoms. The highest BCUT2D eigenvalue weighted by molar-refractivity contribution is 7.80. The summed E-state index contributed by atoms with van der Waals surface area (Å²) in [6, 6.07) is 19.4. The summed E-state index contributed by atoms with van der Waals surface area (Å²) in [5, 5.41) is 6.73. The van der Waals surface area contributed by atoms with Crippen molar-refractivity contribution in [1.82, 2.24) is 14.9 Å². The van der Waals surface area contributed by atoms with E-state index in [0.717, 1.165) is 34.8 Å². The molecule has 5 rings (SSSR count). The minimum atomic E-state index is -4.46. The molecule has 1 fully saturated rings. The zero-order chi connectivity index (χ0) is 27.7. The zero-order valence-corrected chi connectivity index (χ0v) is 22.1. The van der Waals surface area contributed by atoms with Crippen molar-refractivity contribution in [2.75, 3.05) is 10.2 Å². The fourth-order valence-corrected chi connectivity index (χ4v) is 5.16. The van der Waals surface area contributed by atoms with E-state index in [2.05, 4.69) is 15.6 Å². The average Bonchev–Trinajstić information content (AvgIpc) is 3.54. The van der Waals surface area contributed by atoms with Gasteiger partial charge >= 0.3 is 6.18 Å². The van der Waals surface area contributed by atoms with Crippen LogP contribution in [-0.4, -0.2) is 20.6 Å². The summed E-state index contributed by atoms with van der Waals surface area (Å²) in [5.41, 5.74) is 3.47. The molecule has 2 atom stereocenters. The van der Waals surface area contributed by atoms with Crippen LogP contribution in [0.5, 0.6) is 0 Å². The number of nitrogens with one attached hydrogen (secondary N) is 2. The van der Waals surface area contributed by atoms with E-state index in [0.29, 0.717) is 22.9 Å². The Kier molecular flexibility index (Phi) is 7.14. The van der Waals surface area contributed by atoms with Gasteiger partial charge in [-0.1, -0.05) is 19.1 Å². The molecular weight excluding hydrogens is 523 g/mol. The number of carbonyl (C=O) groups is 1. The molecule has 2 aromatic heterocycles. The van der Waals surface area contributed by atoms with E-state index in [9.17, 15) is 18.0 Å². The van der Waals surface area contributed by atoms with Gasteiger partial charge in [0.1, 0.15) is 6.04 Å². The number of aromatic nitrogens is 2. The minimum absolute atomic E-state index is 0.0868. The second-order valence-corrected chi connectivity index (χ2v) is 9.64. The number of pyridine rings is 1. The standard InChI is InChI=1S/C29H26F3N5OS/c1-3-25(38)34-22-13-12-21(16-18(22)2)37-27(26(35-28(37)39)23-10-4-5-14-33-23)24-11-7-15-36(24)20-9-6-8-19(17-20)29(30,31)32/h4-17,26-27H,3H2,1-2H3,(H,34,38)(H,35,39).